The van der Waals surface area contributed by atoms with Crippen LogP contribution >= 0.6 is 11.6 Å². The zero-order chi connectivity index (χ0) is 23.2. The van der Waals surface area contributed by atoms with Gasteiger partial charge >= 0.3 is 0 Å². The van der Waals surface area contributed by atoms with Crippen molar-refractivity contribution in [1.29, 1.82) is 0 Å². The Labute approximate surface area is 199 Å². The highest BCUT2D eigenvalue weighted by atomic mass is 35.5. The number of morpholine rings is 1. The number of carbonyl (C=O) groups is 2. The van der Waals surface area contributed by atoms with Gasteiger partial charge in [0, 0.05) is 6.54 Å². The number of hydrogen-bond acceptors (Lipinski definition) is 3. The summed E-state index contributed by atoms with van der Waals surface area (Å²) in [6.07, 6.45) is -0.110. The van der Waals surface area contributed by atoms with E-state index in [9.17, 15) is 9.59 Å². The molecule has 2 amide bonds. The highest BCUT2D eigenvalue weighted by molar-refractivity contribution is 6.33. The maximum absolute atomic E-state index is 13.4. The normalized spacial score (nSPS) is 19.0. The van der Waals surface area contributed by atoms with Crippen LogP contribution in [0.2, 0.25) is 5.02 Å². The molecule has 0 aromatic heterocycles. The number of benzene rings is 3. The second-order valence-electron chi connectivity index (χ2n) is 8.27. The minimum absolute atomic E-state index is 0.0283. The number of carbonyl (C=O) groups excluding carboxylic acids is 2. The Hall–Kier alpha value is -3.15. The third-order valence-corrected chi connectivity index (χ3v) is 6.12. The molecule has 6 heteroatoms. The lowest BCUT2D eigenvalue weighted by Gasteiger charge is -2.37. The molecule has 3 unspecified atom stereocenters. The van der Waals surface area contributed by atoms with Crippen LogP contribution < -0.4 is 5.32 Å². The largest absolute Gasteiger partial charge is 0.367 e. The quantitative estimate of drug-likeness (QED) is 0.548. The zero-order valence-electron chi connectivity index (χ0n) is 18.5. The predicted octanol–water partition coefficient (Wildman–Crippen LogP) is 5.19. The number of rotatable bonds is 6. The molecule has 1 aliphatic heterocycles. The second-order valence-corrected chi connectivity index (χ2v) is 8.67. The van der Waals surface area contributed by atoms with E-state index in [4.69, 9.17) is 16.3 Å². The van der Waals surface area contributed by atoms with Crippen LogP contribution in [-0.4, -0.2) is 35.9 Å². The van der Waals surface area contributed by atoms with Gasteiger partial charge in [0.1, 0.15) is 6.10 Å². The lowest BCUT2D eigenvalue weighted by molar-refractivity contribution is -0.145. The fourth-order valence-corrected chi connectivity index (χ4v) is 4.35. The minimum atomic E-state index is -0.476. The third-order valence-electron chi connectivity index (χ3n) is 5.79. The van der Waals surface area contributed by atoms with Crippen LogP contribution in [0.5, 0.6) is 0 Å². The van der Waals surface area contributed by atoms with Crippen LogP contribution in [0.15, 0.2) is 84.9 Å². The highest BCUT2D eigenvalue weighted by Gasteiger charge is 2.31. The van der Waals surface area contributed by atoms with E-state index in [0.717, 1.165) is 11.1 Å². The summed E-state index contributed by atoms with van der Waals surface area (Å²) in [6.45, 7) is 2.97. The van der Waals surface area contributed by atoms with E-state index < -0.39 is 6.04 Å². The number of ether oxygens (including phenoxy) is 1. The summed E-state index contributed by atoms with van der Waals surface area (Å²) in [5, 5.41) is 3.39. The molecule has 0 bridgehead atoms. The summed E-state index contributed by atoms with van der Waals surface area (Å²) in [7, 11) is 0. The fourth-order valence-electron chi connectivity index (χ4n) is 4.13. The Morgan fingerprint density at radius 3 is 2.30 bits per heavy atom. The number of amides is 2. The molecule has 0 spiro atoms. The first-order chi connectivity index (χ1) is 16.0. The lowest BCUT2D eigenvalue weighted by atomic mass is 10.0. The Bertz CT molecular complexity index is 1090. The summed E-state index contributed by atoms with van der Waals surface area (Å²) in [4.78, 5) is 28.2. The second kappa shape index (κ2) is 10.6. The predicted molar refractivity (Wildman–Crippen MR) is 129 cm³/mol. The summed E-state index contributed by atoms with van der Waals surface area (Å²) < 4.78 is 6.10. The first-order valence-corrected chi connectivity index (χ1v) is 11.5. The van der Waals surface area contributed by atoms with Gasteiger partial charge in [-0.2, -0.15) is 0 Å². The zero-order valence-corrected chi connectivity index (χ0v) is 19.2. The maximum atomic E-state index is 13.4. The average molecular weight is 463 g/mol. The van der Waals surface area contributed by atoms with Crippen LogP contribution in [-0.2, 0) is 9.53 Å². The number of halogens is 1. The van der Waals surface area contributed by atoms with E-state index in [-0.39, 0.29) is 30.4 Å². The van der Waals surface area contributed by atoms with Crippen molar-refractivity contribution in [2.75, 3.05) is 13.1 Å². The van der Waals surface area contributed by atoms with Gasteiger partial charge in [-0.1, -0.05) is 84.4 Å². The van der Waals surface area contributed by atoms with Crippen LogP contribution in [0.4, 0.5) is 0 Å². The van der Waals surface area contributed by atoms with Gasteiger partial charge in [-0.05, 0) is 30.2 Å². The van der Waals surface area contributed by atoms with Crippen LogP contribution in [0.25, 0.3) is 0 Å². The van der Waals surface area contributed by atoms with E-state index in [1.807, 2.05) is 72.5 Å². The molecular weight excluding hydrogens is 436 g/mol. The molecule has 3 aromatic rings. The molecular formula is C27H27ClN2O3. The fraction of sp³-hybridized carbons (Fsp3) is 0.259. The van der Waals surface area contributed by atoms with Gasteiger partial charge in [0.2, 0.25) is 5.91 Å². The number of nitrogens with one attached hydrogen (secondary N) is 1. The van der Waals surface area contributed by atoms with E-state index in [0.29, 0.717) is 23.7 Å². The van der Waals surface area contributed by atoms with E-state index in [1.54, 1.807) is 24.3 Å². The molecule has 0 aliphatic carbocycles. The molecule has 1 fully saturated rings. The first kappa shape index (κ1) is 23.0. The average Bonchev–Trinajstić information content (AvgIpc) is 2.84. The van der Waals surface area contributed by atoms with Crippen molar-refractivity contribution in [3.8, 4) is 0 Å². The topological polar surface area (TPSA) is 58.6 Å². The van der Waals surface area contributed by atoms with Crippen LogP contribution in [0.3, 0.4) is 0 Å². The van der Waals surface area contributed by atoms with Gasteiger partial charge in [0.05, 0.1) is 35.7 Å². The van der Waals surface area contributed by atoms with Crippen molar-refractivity contribution >= 4 is 23.4 Å². The molecule has 33 heavy (non-hydrogen) atoms. The molecule has 0 radical (unpaired) electrons. The SMILES string of the molecule is CC1CN(C(=O)CC(NC(=O)c2ccccc2Cl)c2ccccc2)CC(c2ccccc2)O1. The monoisotopic (exact) mass is 462 g/mol. The minimum Gasteiger partial charge on any atom is -0.367 e. The molecule has 170 valence electrons. The molecule has 1 N–H and O–H groups in total. The molecule has 3 aromatic carbocycles. The van der Waals surface area contributed by atoms with Crippen molar-refractivity contribution in [3.05, 3.63) is 107 Å². The Morgan fingerprint density at radius 1 is 0.970 bits per heavy atom. The van der Waals surface area contributed by atoms with E-state index >= 15 is 0 Å². The number of hydrogen-bond donors (Lipinski definition) is 1. The molecule has 1 aliphatic rings. The lowest BCUT2D eigenvalue weighted by Crippen LogP contribution is -2.47. The highest BCUT2D eigenvalue weighted by Crippen LogP contribution is 2.27. The van der Waals surface area contributed by atoms with E-state index in [1.165, 1.54) is 0 Å². The number of nitrogens with zero attached hydrogens (tertiary/aromatic N) is 1. The van der Waals surface area contributed by atoms with Crippen LogP contribution in [0, 0.1) is 0 Å². The molecule has 5 nitrogen and oxygen atoms in total. The van der Waals surface area contributed by atoms with Gasteiger partial charge in [-0.25, -0.2) is 0 Å². The van der Waals surface area contributed by atoms with Crippen molar-refractivity contribution in [2.45, 2.75) is 31.6 Å². The smallest absolute Gasteiger partial charge is 0.253 e. The molecule has 1 heterocycles. The summed E-state index contributed by atoms with van der Waals surface area (Å²) in [5.41, 5.74) is 2.30. The van der Waals surface area contributed by atoms with E-state index in [2.05, 4.69) is 5.32 Å². The maximum Gasteiger partial charge on any atom is 0.253 e. The Morgan fingerprint density at radius 2 is 1.61 bits per heavy atom. The van der Waals surface area contributed by atoms with Crippen molar-refractivity contribution in [2.24, 2.45) is 0 Å². The molecule has 0 saturated carbocycles. The van der Waals surface area contributed by atoms with Gasteiger partial charge in [0.25, 0.3) is 5.91 Å². The summed E-state index contributed by atoms with van der Waals surface area (Å²) in [5.74, 6) is -0.334. The standard InChI is InChI=1S/C27H27ClN2O3/c1-19-17-30(18-25(33-19)21-12-6-3-7-13-21)26(31)16-24(20-10-4-2-5-11-20)29-27(32)22-14-8-9-15-23(22)28/h2-15,19,24-25H,16-18H2,1H3,(H,29,32). The Kier molecular flexibility index (Phi) is 7.43. The molecule has 1 saturated heterocycles. The molecule has 3 atom stereocenters. The van der Waals surface area contributed by atoms with Gasteiger partial charge < -0.3 is 15.0 Å². The van der Waals surface area contributed by atoms with Gasteiger partial charge in [-0.15, -0.1) is 0 Å². The third kappa shape index (κ3) is 5.81. The Balaban J connectivity index is 1.51. The first-order valence-electron chi connectivity index (χ1n) is 11.1. The van der Waals surface area contributed by atoms with Crippen molar-refractivity contribution < 1.29 is 14.3 Å². The van der Waals surface area contributed by atoms with Crippen molar-refractivity contribution in [1.82, 2.24) is 10.2 Å². The summed E-state index contributed by atoms with van der Waals surface area (Å²) in [6, 6.07) is 25.9. The van der Waals surface area contributed by atoms with Crippen molar-refractivity contribution in [3.63, 3.8) is 0 Å². The summed E-state index contributed by atoms with van der Waals surface area (Å²) >= 11 is 6.22. The van der Waals surface area contributed by atoms with Gasteiger partial charge in [-0.3, -0.25) is 9.59 Å². The van der Waals surface area contributed by atoms with Crippen LogP contribution in [0.1, 0.15) is 47.0 Å². The molecule has 4 rings (SSSR count). The van der Waals surface area contributed by atoms with Gasteiger partial charge in [0.15, 0.2) is 0 Å².